The number of halogens is 1. The predicted molar refractivity (Wildman–Crippen MR) is 92.7 cm³/mol. The van der Waals surface area contributed by atoms with Crippen molar-refractivity contribution in [3.63, 3.8) is 0 Å². The van der Waals surface area contributed by atoms with Crippen LogP contribution in [0.2, 0.25) is 5.02 Å². The highest BCUT2D eigenvalue weighted by Crippen LogP contribution is 2.22. The van der Waals surface area contributed by atoms with E-state index in [2.05, 4.69) is 10.1 Å². The molecule has 1 N–H and O–H groups in total. The van der Waals surface area contributed by atoms with Crippen LogP contribution in [-0.2, 0) is 9.53 Å². The molecule has 24 heavy (non-hydrogen) atoms. The van der Waals surface area contributed by atoms with Gasteiger partial charge in [-0.3, -0.25) is 4.79 Å². The van der Waals surface area contributed by atoms with Crippen LogP contribution in [0.5, 0.6) is 5.75 Å². The highest BCUT2D eigenvalue weighted by molar-refractivity contribution is 6.31. The van der Waals surface area contributed by atoms with Crippen LogP contribution in [-0.4, -0.2) is 25.1 Å². The maximum Gasteiger partial charge on any atom is 0.337 e. The van der Waals surface area contributed by atoms with Gasteiger partial charge in [0.15, 0.2) is 6.10 Å². The average molecular weight is 348 g/mol. The van der Waals surface area contributed by atoms with Crippen molar-refractivity contribution < 1.29 is 19.1 Å². The highest BCUT2D eigenvalue weighted by Gasteiger charge is 2.15. The molecule has 2 aromatic rings. The molecule has 0 heterocycles. The molecule has 0 aromatic heterocycles. The van der Waals surface area contributed by atoms with Crippen molar-refractivity contribution >= 4 is 29.2 Å². The van der Waals surface area contributed by atoms with Gasteiger partial charge >= 0.3 is 5.97 Å². The van der Waals surface area contributed by atoms with E-state index in [4.69, 9.17) is 16.3 Å². The Hall–Kier alpha value is -2.53. The molecule has 5 nitrogen and oxygen atoms in total. The molecule has 0 aliphatic rings. The highest BCUT2D eigenvalue weighted by atomic mass is 35.5. The van der Waals surface area contributed by atoms with Gasteiger partial charge in [0.2, 0.25) is 0 Å². The predicted octanol–water partition coefficient (Wildman–Crippen LogP) is 3.84. The number of carbonyl (C=O) groups excluding carboxylic acids is 2. The fourth-order valence-corrected chi connectivity index (χ4v) is 2.12. The molecule has 0 saturated heterocycles. The maximum absolute atomic E-state index is 12.2. The van der Waals surface area contributed by atoms with Gasteiger partial charge in [-0.25, -0.2) is 4.79 Å². The summed E-state index contributed by atoms with van der Waals surface area (Å²) in [7, 11) is 1.31. The zero-order chi connectivity index (χ0) is 17.7. The SMILES string of the molecule is COC(=O)c1ccc(NC(=O)[C@H](C)Oc2ccc(Cl)c(C)c2)cc1. The molecule has 0 aliphatic heterocycles. The van der Waals surface area contributed by atoms with Crippen LogP contribution in [0, 0.1) is 6.92 Å². The number of aryl methyl sites for hydroxylation is 1. The van der Waals surface area contributed by atoms with Gasteiger partial charge < -0.3 is 14.8 Å². The Morgan fingerprint density at radius 2 is 1.79 bits per heavy atom. The van der Waals surface area contributed by atoms with Gasteiger partial charge in [-0.15, -0.1) is 0 Å². The minimum atomic E-state index is -0.689. The van der Waals surface area contributed by atoms with E-state index < -0.39 is 12.1 Å². The Bertz CT molecular complexity index is 743. The van der Waals surface area contributed by atoms with Gasteiger partial charge in [0.05, 0.1) is 12.7 Å². The molecule has 2 aromatic carbocycles. The molecule has 126 valence electrons. The molecule has 0 fully saturated rings. The van der Waals surface area contributed by atoms with Gasteiger partial charge in [-0.1, -0.05) is 11.6 Å². The number of methoxy groups -OCH3 is 1. The summed E-state index contributed by atoms with van der Waals surface area (Å²) < 4.78 is 10.2. The van der Waals surface area contributed by atoms with Gasteiger partial charge in [0.25, 0.3) is 5.91 Å². The van der Waals surface area contributed by atoms with E-state index in [1.54, 1.807) is 49.4 Å². The number of ether oxygens (including phenoxy) is 2. The van der Waals surface area contributed by atoms with E-state index in [-0.39, 0.29) is 5.91 Å². The van der Waals surface area contributed by atoms with Crippen LogP contribution >= 0.6 is 11.6 Å². The number of amides is 1. The first-order valence-electron chi connectivity index (χ1n) is 7.32. The lowest BCUT2D eigenvalue weighted by atomic mass is 10.2. The number of benzene rings is 2. The number of carbonyl (C=O) groups is 2. The Kier molecular flexibility index (Phi) is 5.82. The Labute approximate surface area is 145 Å². The van der Waals surface area contributed by atoms with Gasteiger partial charge in [0.1, 0.15) is 5.75 Å². The fourth-order valence-electron chi connectivity index (χ4n) is 2.00. The minimum Gasteiger partial charge on any atom is -0.481 e. The van der Waals surface area contributed by atoms with E-state index in [1.165, 1.54) is 7.11 Å². The second-order valence-corrected chi connectivity index (χ2v) is 5.64. The van der Waals surface area contributed by atoms with Crippen molar-refractivity contribution in [2.75, 3.05) is 12.4 Å². The molecule has 0 unspecified atom stereocenters. The summed E-state index contributed by atoms with van der Waals surface area (Å²) in [5.74, 6) is -0.156. The van der Waals surface area contributed by atoms with Crippen molar-refractivity contribution in [3.8, 4) is 5.75 Å². The second kappa shape index (κ2) is 7.84. The largest absolute Gasteiger partial charge is 0.481 e. The molecule has 0 aliphatic carbocycles. The van der Waals surface area contributed by atoms with Crippen molar-refractivity contribution in [2.24, 2.45) is 0 Å². The Morgan fingerprint density at radius 1 is 1.12 bits per heavy atom. The number of rotatable bonds is 5. The number of nitrogens with one attached hydrogen (secondary N) is 1. The lowest BCUT2D eigenvalue weighted by Crippen LogP contribution is -2.30. The van der Waals surface area contributed by atoms with Crippen LogP contribution < -0.4 is 10.1 Å². The first-order valence-corrected chi connectivity index (χ1v) is 7.70. The van der Waals surface area contributed by atoms with Gasteiger partial charge in [-0.05, 0) is 61.9 Å². The van der Waals surface area contributed by atoms with E-state index >= 15 is 0 Å². The minimum absolute atomic E-state index is 0.298. The van der Waals surface area contributed by atoms with Crippen LogP contribution in [0.25, 0.3) is 0 Å². The molecule has 1 atom stereocenters. The van der Waals surface area contributed by atoms with E-state index in [0.29, 0.717) is 22.0 Å². The second-order valence-electron chi connectivity index (χ2n) is 5.23. The molecular weight excluding hydrogens is 330 g/mol. The lowest BCUT2D eigenvalue weighted by Gasteiger charge is -2.15. The summed E-state index contributed by atoms with van der Waals surface area (Å²) >= 11 is 5.96. The standard InChI is InChI=1S/C18H18ClNO4/c1-11-10-15(8-9-16(11)19)24-12(2)17(21)20-14-6-4-13(5-7-14)18(22)23-3/h4-10,12H,1-3H3,(H,20,21)/t12-/m0/s1. The molecular formula is C18H18ClNO4. The quantitative estimate of drug-likeness (QED) is 0.834. The first kappa shape index (κ1) is 17.8. The molecule has 0 spiro atoms. The van der Waals surface area contributed by atoms with Crippen LogP contribution in [0.3, 0.4) is 0 Å². The third-order valence-electron chi connectivity index (χ3n) is 3.39. The number of hydrogen-bond acceptors (Lipinski definition) is 4. The average Bonchev–Trinajstić information content (AvgIpc) is 2.58. The van der Waals surface area contributed by atoms with Gasteiger partial charge in [0, 0.05) is 10.7 Å². The summed E-state index contributed by atoms with van der Waals surface area (Å²) in [6.45, 7) is 3.52. The van der Waals surface area contributed by atoms with Crippen LogP contribution in [0.1, 0.15) is 22.8 Å². The number of anilines is 1. The molecule has 0 saturated carbocycles. The summed E-state index contributed by atoms with van der Waals surface area (Å²) in [5, 5.41) is 3.37. The summed E-state index contributed by atoms with van der Waals surface area (Å²) in [6, 6.07) is 11.6. The maximum atomic E-state index is 12.2. The van der Waals surface area contributed by atoms with Crippen LogP contribution in [0.15, 0.2) is 42.5 Å². The Morgan fingerprint density at radius 3 is 2.38 bits per heavy atom. The third kappa shape index (κ3) is 4.49. The van der Waals surface area contributed by atoms with Crippen molar-refractivity contribution in [2.45, 2.75) is 20.0 Å². The first-order chi connectivity index (χ1) is 11.4. The summed E-state index contributed by atoms with van der Waals surface area (Å²) in [5.41, 5.74) is 1.85. The van der Waals surface area contributed by atoms with Gasteiger partial charge in [-0.2, -0.15) is 0 Å². The fraction of sp³-hybridized carbons (Fsp3) is 0.222. The topological polar surface area (TPSA) is 64.6 Å². The van der Waals surface area contributed by atoms with E-state index in [9.17, 15) is 9.59 Å². The molecule has 6 heteroatoms. The monoisotopic (exact) mass is 347 g/mol. The molecule has 2 rings (SSSR count). The Balaban J connectivity index is 1.98. The van der Waals surface area contributed by atoms with E-state index in [0.717, 1.165) is 5.56 Å². The smallest absolute Gasteiger partial charge is 0.337 e. The number of hydrogen-bond donors (Lipinski definition) is 1. The third-order valence-corrected chi connectivity index (χ3v) is 3.81. The summed E-state index contributed by atoms with van der Waals surface area (Å²) in [6.07, 6.45) is -0.689. The van der Waals surface area contributed by atoms with Crippen molar-refractivity contribution in [3.05, 3.63) is 58.6 Å². The molecule has 0 bridgehead atoms. The van der Waals surface area contributed by atoms with Crippen LogP contribution in [0.4, 0.5) is 5.69 Å². The molecule has 0 radical (unpaired) electrons. The van der Waals surface area contributed by atoms with Crippen molar-refractivity contribution in [1.82, 2.24) is 0 Å². The van der Waals surface area contributed by atoms with E-state index in [1.807, 2.05) is 6.92 Å². The number of esters is 1. The normalized spacial score (nSPS) is 11.5. The molecule has 1 amide bonds. The summed E-state index contributed by atoms with van der Waals surface area (Å²) in [4.78, 5) is 23.6. The lowest BCUT2D eigenvalue weighted by molar-refractivity contribution is -0.122. The zero-order valence-corrected chi connectivity index (χ0v) is 14.4. The zero-order valence-electron chi connectivity index (χ0n) is 13.6. The van der Waals surface area contributed by atoms with Crippen molar-refractivity contribution in [1.29, 1.82) is 0 Å².